The first-order valence-electron chi connectivity index (χ1n) is 30.1. The molecule has 4 aromatic carbocycles. The molecule has 20 nitrogen and oxygen atoms in total. The van der Waals surface area contributed by atoms with Gasteiger partial charge in [-0.05, 0) is 180 Å². The summed E-state index contributed by atoms with van der Waals surface area (Å²) in [7, 11) is 6.38. The van der Waals surface area contributed by atoms with E-state index in [4.69, 9.17) is 37.9 Å². The van der Waals surface area contributed by atoms with Gasteiger partial charge in [-0.25, -0.2) is 39.9 Å². The Morgan fingerprint density at radius 2 is 0.615 bits per heavy atom. The summed E-state index contributed by atoms with van der Waals surface area (Å²) in [5.74, 6) is 8.70. The molecule has 0 aliphatic heterocycles. The molecule has 0 unspecified atom stereocenters. The van der Waals surface area contributed by atoms with Crippen molar-refractivity contribution in [2.75, 3.05) is 76.1 Å². The highest BCUT2D eigenvalue weighted by Crippen LogP contribution is 2.29. The van der Waals surface area contributed by atoms with Gasteiger partial charge >= 0.3 is 0 Å². The van der Waals surface area contributed by atoms with Crippen LogP contribution in [0.2, 0.25) is 0 Å². The van der Waals surface area contributed by atoms with Crippen LogP contribution in [0.15, 0.2) is 239 Å². The van der Waals surface area contributed by atoms with Gasteiger partial charge in [-0.3, -0.25) is 0 Å². The fourth-order valence-corrected chi connectivity index (χ4v) is 9.20. The maximum atomic E-state index is 5.65. The van der Waals surface area contributed by atoms with Crippen molar-refractivity contribution in [3.05, 3.63) is 239 Å². The molecule has 12 aromatic rings. The smallest absolute Gasteiger partial charge is 0.213 e. The number of hydrogen-bond acceptors (Lipinski definition) is 20. The Hall–Kier alpha value is -10.9. The number of benzene rings is 4. The highest BCUT2D eigenvalue weighted by atomic mass is 127. The van der Waals surface area contributed by atoms with E-state index in [1.165, 1.54) is 0 Å². The summed E-state index contributed by atoms with van der Waals surface area (Å²) in [4.78, 5) is 35.1. The van der Waals surface area contributed by atoms with Crippen molar-refractivity contribution in [1.82, 2.24) is 39.9 Å². The van der Waals surface area contributed by atoms with E-state index >= 15 is 0 Å². The Morgan fingerprint density at radius 3 is 0.844 bits per heavy atom. The zero-order valence-electron chi connectivity index (χ0n) is 53.5. The molecule has 488 valence electrons. The SMILES string of the molecule is C/C=C/COc1ccc2nc(Nc3ccc(OC)nc3)ccc2c1.C/C=C/COc1ccc2nc(Nc3ccc(OC)nc3)ccc2c1.COc1ccc(Nc2ccc3cc(OC/C=C/I)ccc3n2)cn1.COc1ccc(Nc2ccc3cc(OC/C=C/[125I])ccc3n2)cn1. The van der Waals surface area contributed by atoms with Crippen LogP contribution in [0.4, 0.5) is 46.0 Å². The lowest BCUT2D eigenvalue weighted by Gasteiger charge is -2.08. The molecule has 0 amide bonds. The van der Waals surface area contributed by atoms with Gasteiger partial charge in [0.05, 0.1) is 98.0 Å². The lowest BCUT2D eigenvalue weighted by Crippen LogP contribution is -1.96. The first-order chi connectivity index (χ1) is 47.1. The predicted octanol–water partition coefficient (Wildman–Crippen LogP) is 18.1. The van der Waals surface area contributed by atoms with Crippen molar-refractivity contribution >= 4 is 135 Å². The summed E-state index contributed by atoms with van der Waals surface area (Å²) in [6.07, 6.45) is 18.6. The second kappa shape index (κ2) is 37.1. The van der Waals surface area contributed by atoms with E-state index in [0.717, 1.165) is 113 Å². The molecule has 0 saturated carbocycles. The van der Waals surface area contributed by atoms with E-state index in [0.29, 0.717) is 49.9 Å². The molecule has 4 N–H and O–H groups in total. The molecule has 0 aliphatic rings. The number of methoxy groups -OCH3 is 4. The number of nitrogens with one attached hydrogen (secondary N) is 4. The van der Waals surface area contributed by atoms with Gasteiger partial charge in [0.25, 0.3) is 0 Å². The van der Waals surface area contributed by atoms with Gasteiger partial charge < -0.3 is 59.2 Å². The lowest BCUT2D eigenvalue weighted by atomic mass is 10.2. The van der Waals surface area contributed by atoms with Gasteiger partial charge in [-0.15, -0.1) is 0 Å². The normalized spacial score (nSPS) is 10.9. The summed E-state index contributed by atoms with van der Waals surface area (Å²) >= 11 is 4.34. The number of allylic oxidation sites excluding steroid dienone is 2. The first-order valence-corrected chi connectivity index (χ1v) is 32.6. The highest BCUT2D eigenvalue weighted by Gasteiger charge is 2.08. The van der Waals surface area contributed by atoms with Crippen LogP contribution in [0.25, 0.3) is 43.6 Å². The minimum Gasteiger partial charge on any atom is -0.490 e. The van der Waals surface area contributed by atoms with E-state index in [-0.39, 0.29) is 0 Å². The van der Waals surface area contributed by atoms with E-state index < -0.39 is 0 Å². The van der Waals surface area contributed by atoms with Gasteiger partial charge in [0.2, 0.25) is 23.5 Å². The third kappa shape index (κ3) is 21.6. The maximum Gasteiger partial charge on any atom is 0.213 e. The molecule has 0 saturated heterocycles. The average Bonchev–Trinajstić information content (AvgIpc) is 1.18. The molecule has 12 rings (SSSR count). The zero-order valence-corrected chi connectivity index (χ0v) is 57.8. The van der Waals surface area contributed by atoms with Crippen molar-refractivity contribution in [3.63, 3.8) is 0 Å². The minimum atomic E-state index is 0.561. The number of fused-ring (bicyclic) bond motifs is 4. The molecule has 0 atom stereocenters. The van der Waals surface area contributed by atoms with Crippen LogP contribution in [0.5, 0.6) is 46.5 Å². The van der Waals surface area contributed by atoms with Crippen molar-refractivity contribution in [1.29, 1.82) is 0 Å². The van der Waals surface area contributed by atoms with Crippen LogP contribution < -0.4 is 59.2 Å². The van der Waals surface area contributed by atoms with Crippen LogP contribution in [-0.2, 0) is 0 Å². The van der Waals surface area contributed by atoms with Gasteiger partial charge in [-0.1, -0.05) is 69.5 Å². The van der Waals surface area contributed by atoms with E-state index in [2.05, 4.69) is 106 Å². The average molecular weight is 1510 g/mol. The number of anilines is 8. The van der Waals surface area contributed by atoms with Crippen molar-refractivity contribution in [3.8, 4) is 46.5 Å². The summed E-state index contributed by atoms with van der Waals surface area (Å²) in [5.41, 5.74) is 7.03. The lowest BCUT2D eigenvalue weighted by molar-refractivity contribution is 0.363. The number of rotatable bonds is 24. The van der Waals surface area contributed by atoms with Crippen LogP contribution >= 0.6 is 45.2 Å². The monoisotopic (exact) mass is 1510 g/mol. The highest BCUT2D eigenvalue weighted by molar-refractivity contribution is 14.1. The van der Waals surface area contributed by atoms with Gasteiger partial charge in [0.1, 0.15) is 72.7 Å². The molecule has 96 heavy (non-hydrogen) atoms. The number of ether oxygens (including phenoxy) is 8. The second-order valence-corrected chi connectivity index (χ2v) is 21.6. The van der Waals surface area contributed by atoms with Crippen molar-refractivity contribution < 1.29 is 37.9 Å². The Morgan fingerprint density at radius 1 is 0.344 bits per heavy atom. The summed E-state index contributed by atoms with van der Waals surface area (Å²) in [5, 5.41) is 17.1. The molecule has 22 heteroatoms. The Kier molecular flexibility index (Phi) is 26.9. The number of halogens is 2. The van der Waals surface area contributed by atoms with Crippen LogP contribution in [0.3, 0.4) is 0 Å². The molecular formula is C74H70I2N12O8. The van der Waals surface area contributed by atoms with Gasteiger partial charge in [-0.2, -0.15) is 0 Å². The quantitative estimate of drug-likeness (QED) is 0.0326. The van der Waals surface area contributed by atoms with Crippen LogP contribution in [0.1, 0.15) is 13.8 Å². The fourth-order valence-electron chi connectivity index (χ4n) is 8.79. The molecule has 0 aliphatic carbocycles. The molecule has 8 aromatic heterocycles. The first kappa shape index (κ1) is 69.5. The Balaban J connectivity index is 0.000000150. The molecule has 0 radical (unpaired) electrons. The number of nitrogens with zero attached hydrogens (tertiary/aromatic N) is 8. The predicted molar refractivity (Wildman–Crippen MR) is 401 cm³/mol. The third-order valence-electron chi connectivity index (χ3n) is 13.5. The largest absolute Gasteiger partial charge is 0.490 e. The standard InChI is InChI=1S/2C19H19N3O2.2C18H16IN3O2/c2*1-3-4-11-24-16-7-8-17-14(12-16)5-9-18(22-17)21-15-6-10-19(23-2)20-13-15;2*1-23-18-8-4-14(12-20-18)21-17-7-3-13-11-15(24-10-2-9-19)5-6-16(13)22-17/h2*3-10,12-13H,11H2,1-2H3,(H,21,22);2*2-9,11-12H,10H2,1H3,(H,21,22)/b2*4-3+;2*9-2+/i;;19-2;. The fraction of sp³-hybridized carbons (Fsp3) is 0.135. The summed E-state index contributed by atoms with van der Waals surface area (Å²) in [6, 6.07) is 54.1. The third-order valence-corrected chi connectivity index (χ3v) is 14.6. The molecule has 8 heterocycles. The van der Waals surface area contributed by atoms with Gasteiger partial charge in [0.15, 0.2) is 0 Å². The summed E-state index contributed by atoms with van der Waals surface area (Å²) in [6.45, 7) is 6.21. The molecule has 0 bridgehead atoms. The summed E-state index contributed by atoms with van der Waals surface area (Å²) < 4.78 is 46.7. The molecular weight excluding hydrogens is 1440 g/mol. The number of aromatic nitrogens is 8. The van der Waals surface area contributed by atoms with Crippen LogP contribution in [0, 0.1) is 0 Å². The minimum absolute atomic E-state index is 0.561. The Labute approximate surface area is 584 Å². The molecule has 0 spiro atoms. The van der Waals surface area contributed by atoms with E-state index in [9.17, 15) is 0 Å². The topological polar surface area (TPSA) is 225 Å². The zero-order chi connectivity index (χ0) is 67.1. The number of hydrogen-bond donors (Lipinski definition) is 4. The van der Waals surface area contributed by atoms with E-state index in [1.807, 2.05) is 204 Å². The van der Waals surface area contributed by atoms with Gasteiger partial charge in [0, 0.05) is 45.8 Å². The molecule has 0 fully saturated rings. The van der Waals surface area contributed by atoms with E-state index in [1.54, 1.807) is 77.5 Å². The van der Waals surface area contributed by atoms with Crippen molar-refractivity contribution in [2.24, 2.45) is 0 Å². The van der Waals surface area contributed by atoms with Crippen molar-refractivity contribution in [2.45, 2.75) is 13.8 Å². The Bertz CT molecular complexity index is 3970. The number of pyridine rings is 8. The second-order valence-electron chi connectivity index (χ2n) is 20.2. The van der Waals surface area contributed by atoms with Crippen LogP contribution in [-0.4, -0.2) is 94.7 Å². The maximum absolute atomic E-state index is 5.65.